The number of nitrogens with zero attached hydrogens (tertiary/aromatic N) is 6. The summed E-state index contributed by atoms with van der Waals surface area (Å²) >= 11 is 0. The number of halogens is 4. The molecule has 6 heterocycles. The number of benzene rings is 1. The summed E-state index contributed by atoms with van der Waals surface area (Å²) in [6.07, 6.45) is -1.21. The Morgan fingerprint density at radius 3 is 2.76 bits per heavy atom. The van der Waals surface area contributed by atoms with Crippen molar-refractivity contribution in [1.82, 2.24) is 24.6 Å². The first kappa shape index (κ1) is 33.7. The van der Waals surface area contributed by atoms with Crippen LogP contribution in [0.4, 0.5) is 29.1 Å². The lowest BCUT2D eigenvalue weighted by molar-refractivity contribution is -0.140. The van der Waals surface area contributed by atoms with Crippen LogP contribution in [-0.2, 0) is 37.0 Å². The Balaban J connectivity index is 1.18. The van der Waals surface area contributed by atoms with Crippen molar-refractivity contribution in [2.24, 2.45) is 5.92 Å². The van der Waals surface area contributed by atoms with Crippen molar-refractivity contribution in [2.75, 3.05) is 36.9 Å². The molecule has 14 heteroatoms. The molecule has 268 valence electrons. The Hall–Kier alpha value is -4.48. The number of aryl methyl sites for hydroxylation is 1. The van der Waals surface area contributed by atoms with E-state index in [4.69, 9.17) is 25.2 Å². The molecule has 0 spiro atoms. The third-order valence-corrected chi connectivity index (χ3v) is 10.8. The molecule has 3 fully saturated rings. The number of ketones is 1. The van der Waals surface area contributed by atoms with Gasteiger partial charge in [0, 0.05) is 48.7 Å². The number of nitrogen functional groups attached to an aromatic ring is 1. The van der Waals surface area contributed by atoms with E-state index in [1.807, 2.05) is 10.7 Å². The summed E-state index contributed by atoms with van der Waals surface area (Å²) < 4.78 is 73.8. The fourth-order valence-electron chi connectivity index (χ4n) is 8.25. The van der Waals surface area contributed by atoms with Gasteiger partial charge in [-0.15, -0.1) is 5.92 Å². The quantitative estimate of drug-likeness (QED) is 0.108. The van der Waals surface area contributed by atoms with E-state index in [0.717, 1.165) is 62.5 Å². The second-order valence-corrected chi connectivity index (χ2v) is 14.4. The number of hydrogen-bond acceptors (Lipinski definition) is 9. The lowest BCUT2D eigenvalue weighted by Crippen LogP contribution is -2.43. The smallest absolute Gasteiger partial charge is 0.418 e. The predicted molar refractivity (Wildman–Crippen MR) is 179 cm³/mol. The van der Waals surface area contributed by atoms with Crippen LogP contribution in [0.5, 0.6) is 6.01 Å². The molecule has 4 aliphatic heterocycles. The first-order valence-corrected chi connectivity index (χ1v) is 17.5. The Morgan fingerprint density at radius 2 is 2.00 bits per heavy atom. The molecule has 1 saturated carbocycles. The van der Waals surface area contributed by atoms with Gasteiger partial charge in [0.25, 0.3) is 0 Å². The molecule has 2 atom stereocenters. The summed E-state index contributed by atoms with van der Waals surface area (Å²) in [5, 5.41) is 4.62. The Kier molecular flexibility index (Phi) is 8.33. The van der Waals surface area contributed by atoms with E-state index >= 15 is 4.39 Å². The largest absolute Gasteiger partial charge is 0.461 e. The molecule has 1 aromatic carbocycles. The Bertz CT molecular complexity index is 2000. The SMILES string of the molecule is C=C1CN2CCC[C@@]2(COc2nc3c(c(N4CCCn5nc(C(=O)C6CC6)cc5C4)n2)COC(c2c(F)c(N)cc(C#CC)c2C(F)(F)F)C3)C1. The van der Waals surface area contributed by atoms with Crippen LogP contribution in [0.15, 0.2) is 24.3 Å². The highest BCUT2D eigenvalue weighted by atomic mass is 19.4. The van der Waals surface area contributed by atoms with Gasteiger partial charge in [-0.2, -0.15) is 28.2 Å². The second-order valence-electron chi connectivity index (χ2n) is 14.4. The second kappa shape index (κ2) is 12.6. The first-order valence-electron chi connectivity index (χ1n) is 17.5. The van der Waals surface area contributed by atoms with Gasteiger partial charge in [-0.05, 0) is 64.1 Å². The highest BCUT2D eigenvalue weighted by Crippen LogP contribution is 2.45. The van der Waals surface area contributed by atoms with Gasteiger partial charge in [0.2, 0.25) is 0 Å². The molecule has 0 amide bonds. The molecular formula is C37H39F4N7O3. The maximum Gasteiger partial charge on any atom is 0.418 e. The summed E-state index contributed by atoms with van der Waals surface area (Å²) in [5.74, 6) is 4.36. The fraction of sp³-hybridized carbons (Fsp3) is 0.514. The fourth-order valence-corrected chi connectivity index (χ4v) is 8.25. The van der Waals surface area contributed by atoms with Crippen molar-refractivity contribution >= 4 is 17.3 Å². The van der Waals surface area contributed by atoms with Crippen molar-refractivity contribution in [1.29, 1.82) is 0 Å². The number of ether oxygens (including phenoxy) is 2. The average Bonchev–Trinajstić information content (AvgIpc) is 3.71. The third-order valence-electron chi connectivity index (χ3n) is 10.8. The summed E-state index contributed by atoms with van der Waals surface area (Å²) in [4.78, 5) is 26.9. The molecule has 5 aliphatic rings. The lowest BCUT2D eigenvalue weighted by Gasteiger charge is -2.33. The third kappa shape index (κ3) is 6.14. The van der Waals surface area contributed by atoms with Crippen LogP contribution >= 0.6 is 0 Å². The summed E-state index contributed by atoms with van der Waals surface area (Å²) in [6, 6.07) is 2.85. The minimum Gasteiger partial charge on any atom is -0.461 e. The summed E-state index contributed by atoms with van der Waals surface area (Å²) in [5.41, 5.74) is 6.37. The Labute approximate surface area is 293 Å². The molecule has 2 aromatic heterocycles. The molecule has 3 aromatic rings. The molecule has 2 N–H and O–H groups in total. The van der Waals surface area contributed by atoms with Gasteiger partial charge in [-0.1, -0.05) is 18.1 Å². The molecule has 0 bridgehead atoms. The predicted octanol–water partition coefficient (Wildman–Crippen LogP) is 5.77. The van der Waals surface area contributed by atoms with Crippen LogP contribution in [0.3, 0.4) is 0 Å². The molecular weight excluding hydrogens is 666 g/mol. The number of carbonyl (C=O) groups is 1. The van der Waals surface area contributed by atoms with E-state index in [1.165, 1.54) is 6.92 Å². The summed E-state index contributed by atoms with van der Waals surface area (Å²) in [7, 11) is 0. The number of fused-ring (bicyclic) bond motifs is 3. The number of anilines is 2. The van der Waals surface area contributed by atoms with Gasteiger partial charge in [0.1, 0.15) is 18.1 Å². The van der Waals surface area contributed by atoms with Crippen LogP contribution in [0.25, 0.3) is 0 Å². The van der Waals surface area contributed by atoms with Crippen molar-refractivity contribution in [3.8, 4) is 17.9 Å². The molecule has 51 heavy (non-hydrogen) atoms. The molecule has 0 radical (unpaired) electrons. The van der Waals surface area contributed by atoms with Gasteiger partial charge >= 0.3 is 12.2 Å². The van der Waals surface area contributed by atoms with Gasteiger partial charge in [0.15, 0.2) is 11.6 Å². The van der Waals surface area contributed by atoms with E-state index in [1.54, 1.807) is 0 Å². The standard InChI is InChI=1S/C37H39F4N7O3/c1-3-6-23-13-26(42)32(38)30(31(23)37(39,40)41)29-15-27-25(19-50-29)34(44-35(43-27)51-20-36-9-4-11-47(36)17-21(2)16-36)46-10-5-12-48-24(18-46)14-28(45-48)33(49)22-7-8-22/h13-14,22,29H,2,4-5,7-12,15-20,42H2,1H3/t29?,36-/m0/s1. The molecule has 2 saturated heterocycles. The molecule has 10 nitrogen and oxygen atoms in total. The highest BCUT2D eigenvalue weighted by molar-refractivity contribution is 5.97. The van der Waals surface area contributed by atoms with Crippen molar-refractivity contribution in [3.05, 3.63) is 69.4 Å². The topological polar surface area (TPSA) is 112 Å². The van der Waals surface area contributed by atoms with E-state index in [9.17, 15) is 18.0 Å². The number of nitrogens with two attached hydrogens (primary N) is 1. The van der Waals surface area contributed by atoms with Crippen LogP contribution in [0.1, 0.15) is 95.7 Å². The van der Waals surface area contributed by atoms with E-state index in [0.29, 0.717) is 55.4 Å². The highest BCUT2D eigenvalue weighted by Gasteiger charge is 2.47. The maximum absolute atomic E-state index is 15.7. The van der Waals surface area contributed by atoms with Crippen molar-refractivity contribution < 1.29 is 31.8 Å². The number of aromatic nitrogens is 4. The first-order chi connectivity index (χ1) is 24.4. The average molecular weight is 706 g/mol. The van der Waals surface area contributed by atoms with Crippen LogP contribution in [-0.4, -0.2) is 62.2 Å². The van der Waals surface area contributed by atoms with Crippen molar-refractivity contribution in [2.45, 2.75) is 89.4 Å². The van der Waals surface area contributed by atoms with Crippen molar-refractivity contribution in [3.63, 3.8) is 0 Å². The van der Waals surface area contributed by atoms with Crippen LogP contribution in [0, 0.1) is 23.6 Å². The van der Waals surface area contributed by atoms with Gasteiger partial charge < -0.3 is 20.1 Å². The number of carbonyl (C=O) groups excluding carboxylic acids is 1. The number of hydrogen-bond donors (Lipinski definition) is 1. The zero-order valence-electron chi connectivity index (χ0n) is 28.4. The van der Waals surface area contributed by atoms with E-state index in [-0.39, 0.29) is 36.3 Å². The molecule has 8 rings (SSSR count). The zero-order chi connectivity index (χ0) is 35.7. The summed E-state index contributed by atoms with van der Waals surface area (Å²) in [6.45, 7) is 9.10. The minimum atomic E-state index is -4.93. The lowest BCUT2D eigenvalue weighted by atomic mass is 9.91. The molecule has 1 aliphatic carbocycles. The maximum atomic E-state index is 15.7. The van der Waals surface area contributed by atoms with Gasteiger partial charge in [-0.3, -0.25) is 14.4 Å². The number of alkyl halides is 3. The Morgan fingerprint density at radius 1 is 1.18 bits per heavy atom. The monoisotopic (exact) mass is 705 g/mol. The molecule has 1 unspecified atom stereocenters. The van der Waals surface area contributed by atoms with E-state index in [2.05, 4.69) is 33.3 Å². The van der Waals surface area contributed by atoms with E-state index < -0.39 is 40.5 Å². The number of Topliss-reactive ketones (excluding diaryl/α,β-unsaturated/α-hetero) is 1. The number of rotatable bonds is 7. The normalized spacial score (nSPS) is 23.3. The van der Waals surface area contributed by atoms with Crippen LogP contribution < -0.4 is 15.4 Å². The van der Waals surface area contributed by atoms with Gasteiger partial charge in [0.05, 0.1) is 47.4 Å². The minimum absolute atomic E-state index is 0.0407. The van der Waals surface area contributed by atoms with Crippen LogP contribution in [0.2, 0.25) is 0 Å². The zero-order valence-corrected chi connectivity index (χ0v) is 28.4. The van der Waals surface area contributed by atoms with Gasteiger partial charge in [-0.25, -0.2) is 4.39 Å².